The highest BCUT2D eigenvalue weighted by atomic mass is 32.2. The predicted molar refractivity (Wildman–Crippen MR) is 67.1 cm³/mol. The predicted octanol–water partition coefficient (Wildman–Crippen LogP) is 0.526. The van der Waals surface area contributed by atoms with Gasteiger partial charge in [0.25, 0.3) is 0 Å². The molecule has 0 spiro atoms. The summed E-state index contributed by atoms with van der Waals surface area (Å²) >= 11 is 0. The molecule has 0 aromatic rings. The minimum Gasteiger partial charge on any atom is -0.341 e. The Labute approximate surface area is 104 Å². The van der Waals surface area contributed by atoms with Crippen LogP contribution in [0.1, 0.15) is 27.2 Å². The zero-order valence-corrected chi connectivity index (χ0v) is 11.7. The zero-order valence-electron chi connectivity index (χ0n) is 10.8. The van der Waals surface area contributed by atoms with E-state index >= 15 is 0 Å². The Hall–Kier alpha value is -0.620. The molecule has 1 aliphatic rings. The Morgan fingerprint density at radius 2 is 1.82 bits per heavy atom. The van der Waals surface area contributed by atoms with Gasteiger partial charge in [0, 0.05) is 32.1 Å². The number of sulfonamides is 1. The van der Waals surface area contributed by atoms with Crippen molar-refractivity contribution in [1.29, 1.82) is 0 Å². The molecule has 100 valence electrons. The minimum absolute atomic E-state index is 0.0238. The molecule has 0 atom stereocenters. The van der Waals surface area contributed by atoms with Gasteiger partial charge in [0.1, 0.15) is 0 Å². The van der Waals surface area contributed by atoms with Gasteiger partial charge in [-0.3, -0.25) is 4.79 Å². The molecule has 5 nitrogen and oxygen atoms in total. The van der Waals surface area contributed by atoms with Crippen molar-refractivity contribution in [1.82, 2.24) is 9.21 Å². The van der Waals surface area contributed by atoms with Crippen molar-refractivity contribution in [2.45, 2.75) is 27.2 Å². The van der Waals surface area contributed by atoms with E-state index in [1.54, 1.807) is 11.8 Å². The smallest absolute Gasteiger partial charge is 0.225 e. The van der Waals surface area contributed by atoms with Crippen LogP contribution in [0.2, 0.25) is 0 Å². The monoisotopic (exact) mass is 262 g/mol. The van der Waals surface area contributed by atoms with Gasteiger partial charge in [-0.05, 0) is 13.3 Å². The van der Waals surface area contributed by atoms with Crippen LogP contribution in [0.5, 0.6) is 0 Å². The standard InChI is InChI=1S/C11H22N2O3S/c1-4-17(15,16)13-7-5-6-12(8-9-13)11(14)10(2)3/h10H,4-9H2,1-3H3. The maximum Gasteiger partial charge on any atom is 0.225 e. The molecule has 1 fully saturated rings. The number of rotatable bonds is 3. The number of hydrogen-bond donors (Lipinski definition) is 0. The van der Waals surface area contributed by atoms with Crippen LogP contribution in [0, 0.1) is 5.92 Å². The molecule has 0 radical (unpaired) electrons. The van der Waals surface area contributed by atoms with Crippen molar-refractivity contribution in [3.63, 3.8) is 0 Å². The van der Waals surface area contributed by atoms with Crippen molar-refractivity contribution in [3.8, 4) is 0 Å². The van der Waals surface area contributed by atoms with Crippen LogP contribution in [0.25, 0.3) is 0 Å². The SMILES string of the molecule is CCS(=O)(=O)N1CCCN(C(=O)C(C)C)CC1. The molecule has 1 amide bonds. The highest BCUT2D eigenvalue weighted by molar-refractivity contribution is 7.89. The molecule has 6 heteroatoms. The second kappa shape index (κ2) is 5.82. The number of carbonyl (C=O) groups is 1. The average molecular weight is 262 g/mol. The van der Waals surface area contributed by atoms with Gasteiger partial charge in [-0.15, -0.1) is 0 Å². The molecule has 0 saturated carbocycles. The lowest BCUT2D eigenvalue weighted by molar-refractivity contribution is -0.134. The largest absolute Gasteiger partial charge is 0.341 e. The first-order valence-electron chi connectivity index (χ1n) is 6.15. The summed E-state index contributed by atoms with van der Waals surface area (Å²) < 4.78 is 25.0. The molecule has 1 heterocycles. The summed E-state index contributed by atoms with van der Waals surface area (Å²) in [5.74, 6) is 0.218. The summed E-state index contributed by atoms with van der Waals surface area (Å²) in [6.07, 6.45) is 0.720. The molecule has 0 aromatic heterocycles. The molecule has 0 N–H and O–H groups in total. The Balaban J connectivity index is 2.65. The van der Waals surface area contributed by atoms with Crippen molar-refractivity contribution < 1.29 is 13.2 Å². The van der Waals surface area contributed by atoms with Crippen molar-refractivity contribution in [3.05, 3.63) is 0 Å². The van der Waals surface area contributed by atoms with Gasteiger partial charge in [-0.1, -0.05) is 13.8 Å². The van der Waals surface area contributed by atoms with E-state index in [1.807, 2.05) is 13.8 Å². The Bertz CT molecular complexity index is 365. The summed E-state index contributed by atoms with van der Waals surface area (Å²) in [6.45, 7) is 7.51. The first-order valence-corrected chi connectivity index (χ1v) is 7.76. The van der Waals surface area contributed by atoms with Crippen LogP contribution in [0.4, 0.5) is 0 Å². The van der Waals surface area contributed by atoms with E-state index in [2.05, 4.69) is 0 Å². The van der Waals surface area contributed by atoms with E-state index < -0.39 is 10.0 Å². The zero-order chi connectivity index (χ0) is 13.1. The molecule has 1 aliphatic heterocycles. The molecule has 0 unspecified atom stereocenters. The highest BCUT2D eigenvalue weighted by Crippen LogP contribution is 2.11. The fraction of sp³-hybridized carbons (Fsp3) is 0.909. The third-order valence-electron chi connectivity index (χ3n) is 3.02. The minimum atomic E-state index is -3.12. The van der Waals surface area contributed by atoms with E-state index in [0.29, 0.717) is 26.2 Å². The lowest BCUT2D eigenvalue weighted by atomic mass is 10.2. The average Bonchev–Trinajstić information content (AvgIpc) is 2.53. The molecule has 17 heavy (non-hydrogen) atoms. The summed E-state index contributed by atoms with van der Waals surface area (Å²) in [4.78, 5) is 13.6. The molecule has 1 saturated heterocycles. The molecular weight excluding hydrogens is 240 g/mol. The van der Waals surface area contributed by atoms with E-state index in [0.717, 1.165) is 6.42 Å². The number of carbonyl (C=O) groups excluding carboxylic acids is 1. The third kappa shape index (κ3) is 3.67. The van der Waals surface area contributed by atoms with Crippen LogP contribution in [-0.4, -0.2) is 55.5 Å². The van der Waals surface area contributed by atoms with Crippen LogP contribution in [0.15, 0.2) is 0 Å². The van der Waals surface area contributed by atoms with Gasteiger partial charge < -0.3 is 4.90 Å². The molecule has 0 aliphatic carbocycles. The van der Waals surface area contributed by atoms with Crippen LogP contribution in [0.3, 0.4) is 0 Å². The maximum atomic E-state index is 11.8. The number of nitrogens with zero attached hydrogens (tertiary/aromatic N) is 2. The van der Waals surface area contributed by atoms with Crippen LogP contribution >= 0.6 is 0 Å². The summed E-state index contributed by atoms with van der Waals surface area (Å²) in [7, 11) is -3.12. The normalized spacial score (nSPS) is 19.4. The number of hydrogen-bond acceptors (Lipinski definition) is 3. The second-order valence-electron chi connectivity index (χ2n) is 4.63. The first kappa shape index (κ1) is 14.4. The van der Waals surface area contributed by atoms with Crippen molar-refractivity contribution in [2.75, 3.05) is 31.9 Å². The molecule has 1 rings (SSSR count). The third-order valence-corrected chi connectivity index (χ3v) is 4.90. The summed E-state index contributed by atoms with van der Waals surface area (Å²) in [5.41, 5.74) is 0. The lowest BCUT2D eigenvalue weighted by Gasteiger charge is -2.23. The summed E-state index contributed by atoms with van der Waals surface area (Å²) in [6, 6.07) is 0. The van der Waals surface area contributed by atoms with E-state index in [1.165, 1.54) is 4.31 Å². The van der Waals surface area contributed by atoms with E-state index in [4.69, 9.17) is 0 Å². The van der Waals surface area contributed by atoms with E-state index in [-0.39, 0.29) is 17.6 Å². The first-order chi connectivity index (χ1) is 7.88. The lowest BCUT2D eigenvalue weighted by Crippen LogP contribution is -2.39. The molecular formula is C11H22N2O3S. The molecule has 0 bridgehead atoms. The van der Waals surface area contributed by atoms with Crippen LogP contribution < -0.4 is 0 Å². The quantitative estimate of drug-likeness (QED) is 0.745. The highest BCUT2D eigenvalue weighted by Gasteiger charge is 2.26. The van der Waals surface area contributed by atoms with E-state index in [9.17, 15) is 13.2 Å². The Morgan fingerprint density at radius 3 is 2.35 bits per heavy atom. The fourth-order valence-electron chi connectivity index (χ4n) is 1.94. The van der Waals surface area contributed by atoms with Crippen molar-refractivity contribution >= 4 is 15.9 Å². The van der Waals surface area contributed by atoms with Gasteiger partial charge >= 0.3 is 0 Å². The second-order valence-corrected chi connectivity index (χ2v) is 6.89. The number of amides is 1. The Morgan fingerprint density at radius 1 is 1.18 bits per heavy atom. The van der Waals surface area contributed by atoms with Crippen LogP contribution in [-0.2, 0) is 14.8 Å². The topological polar surface area (TPSA) is 57.7 Å². The van der Waals surface area contributed by atoms with Gasteiger partial charge in [0.05, 0.1) is 5.75 Å². The van der Waals surface area contributed by atoms with Gasteiger partial charge in [-0.2, -0.15) is 0 Å². The Kier molecular flexibility index (Phi) is 4.94. The molecule has 0 aromatic carbocycles. The van der Waals surface area contributed by atoms with Crippen molar-refractivity contribution in [2.24, 2.45) is 5.92 Å². The van der Waals surface area contributed by atoms with Gasteiger partial charge in [0.2, 0.25) is 15.9 Å². The fourth-order valence-corrected chi connectivity index (χ4v) is 3.07. The van der Waals surface area contributed by atoms with Gasteiger partial charge in [0.15, 0.2) is 0 Å². The maximum absolute atomic E-state index is 11.8. The summed E-state index contributed by atoms with van der Waals surface area (Å²) in [5, 5.41) is 0. The van der Waals surface area contributed by atoms with Gasteiger partial charge in [-0.25, -0.2) is 12.7 Å².